The number of nitrogens with one attached hydrogen (secondary N) is 2. The lowest BCUT2D eigenvalue weighted by molar-refractivity contribution is -0.0794. The van der Waals surface area contributed by atoms with Crippen LogP contribution in [0, 0.1) is 12.8 Å². The van der Waals surface area contributed by atoms with Crippen molar-refractivity contribution in [3.63, 3.8) is 0 Å². The first kappa shape index (κ1) is 26.7. The summed E-state index contributed by atoms with van der Waals surface area (Å²) >= 11 is 1.46. The Kier molecular flexibility index (Phi) is 6.51. The number of fused-ring (bicyclic) bond motifs is 1. The summed E-state index contributed by atoms with van der Waals surface area (Å²) in [7, 11) is -3.38. The first-order chi connectivity index (χ1) is 18.4. The van der Waals surface area contributed by atoms with Crippen molar-refractivity contribution < 1.29 is 27.4 Å². The van der Waals surface area contributed by atoms with Crippen molar-refractivity contribution in [3.05, 3.63) is 23.7 Å². The van der Waals surface area contributed by atoms with Gasteiger partial charge in [-0.1, -0.05) is 0 Å². The predicted octanol–water partition coefficient (Wildman–Crippen LogP) is 3.11. The lowest BCUT2D eigenvalue weighted by Crippen LogP contribution is -2.44. The van der Waals surface area contributed by atoms with Crippen LogP contribution in [0.4, 0.5) is 20.5 Å². The smallest absolute Gasteiger partial charge is 0.252 e. The normalized spacial score (nSPS) is 27.0. The molecular weight excluding hydrogens is 550 g/mol. The zero-order valence-electron chi connectivity index (χ0n) is 21.4. The molecule has 3 aromatic heterocycles. The maximum Gasteiger partial charge on any atom is 0.252 e. The van der Waals surface area contributed by atoms with Gasteiger partial charge >= 0.3 is 0 Å². The van der Waals surface area contributed by atoms with Crippen LogP contribution in [0.25, 0.3) is 20.8 Å². The van der Waals surface area contributed by atoms with Gasteiger partial charge in [-0.05, 0) is 32.3 Å². The number of aromatic nitrogens is 4. The second-order valence-electron chi connectivity index (χ2n) is 11.1. The third kappa shape index (κ3) is 5.43. The average Bonchev–Trinajstić information content (AvgIpc) is 3.52. The minimum absolute atomic E-state index is 0.168. The van der Waals surface area contributed by atoms with Gasteiger partial charge in [-0.3, -0.25) is 4.98 Å². The van der Waals surface area contributed by atoms with Gasteiger partial charge in [-0.15, -0.1) is 11.3 Å². The van der Waals surface area contributed by atoms with Gasteiger partial charge in [0.25, 0.3) is 5.92 Å². The van der Waals surface area contributed by atoms with Crippen LogP contribution in [0.1, 0.15) is 49.4 Å². The molecule has 0 bridgehead atoms. The van der Waals surface area contributed by atoms with Crippen LogP contribution in [-0.2, 0) is 9.84 Å². The topological polar surface area (TPSA) is 150 Å². The van der Waals surface area contributed by atoms with Crippen LogP contribution in [0.3, 0.4) is 0 Å². The molecule has 3 aliphatic carbocycles. The van der Waals surface area contributed by atoms with E-state index in [1.807, 2.05) is 6.07 Å². The summed E-state index contributed by atoms with van der Waals surface area (Å²) in [5.74, 6) is -2.72. The number of nitrogens with zero attached hydrogens (tertiary/aromatic N) is 4. The van der Waals surface area contributed by atoms with E-state index in [1.54, 1.807) is 13.1 Å². The van der Waals surface area contributed by atoms with Gasteiger partial charge in [0.2, 0.25) is 5.95 Å². The maximum absolute atomic E-state index is 13.4. The number of aryl methyl sites for hydroxylation is 1. The number of hydrogen-bond donors (Lipinski definition) is 4. The van der Waals surface area contributed by atoms with Crippen molar-refractivity contribution in [2.24, 2.45) is 5.92 Å². The van der Waals surface area contributed by atoms with E-state index < -0.39 is 46.0 Å². The Labute approximate surface area is 228 Å². The molecule has 3 fully saturated rings. The van der Waals surface area contributed by atoms with Gasteiger partial charge in [0.15, 0.2) is 0 Å². The maximum atomic E-state index is 13.4. The predicted molar refractivity (Wildman–Crippen MR) is 144 cm³/mol. The molecule has 0 saturated heterocycles. The Hall–Kier alpha value is -2.55. The highest BCUT2D eigenvalue weighted by molar-refractivity contribution is 7.90. The fourth-order valence-corrected chi connectivity index (χ4v) is 7.76. The van der Waals surface area contributed by atoms with E-state index in [0.29, 0.717) is 28.0 Å². The van der Waals surface area contributed by atoms with E-state index >= 15 is 0 Å². The lowest BCUT2D eigenvalue weighted by atomic mass is 9.88. The first-order valence-electron chi connectivity index (χ1n) is 13.0. The molecular formula is C25H30F2N6O4S2. The van der Waals surface area contributed by atoms with Gasteiger partial charge in [-0.25, -0.2) is 27.2 Å². The highest BCUT2D eigenvalue weighted by Crippen LogP contribution is 2.45. The zero-order chi connectivity index (χ0) is 27.7. The lowest BCUT2D eigenvalue weighted by Gasteiger charge is -2.35. The summed E-state index contributed by atoms with van der Waals surface area (Å²) in [6.45, 7) is 1.78. The number of aliphatic hydroxyl groups is 2. The molecule has 3 aliphatic rings. The van der Waals surface area contributed by atoms with Crippen LogP contribution < -0.4 is 10.6 Å². The van der Waals surface area contributed by atoms with Crippen molar-refractivity contribution in [1.82, 2.24) is 19.9 Å². The summed E-state index contributed by atoms with van der Waals surface area (Å²) < 4.78 is 51.6. The van der Waals surface area contributed by atoms with Crippen molar-refractivity contribution in [1.29, 1.82) is 0 Å². The highest BCUT2D eigenvalue weighted by Gasteiger charge is 2.46. The molecule has 0 aromatic carbocycles. The summed E-state index contributed by atoms with van der Waals surface area (Å²) in [5.41, 5.74) is 2.94. The Morgan fingerprint density at radius 3 is 2.54 bits per heavy atom. The summed E-state index contributed by atoms with van der Waals surface area (Å²) in [6, 6.07) is 0.745. The molecule has 4 atom stereocenters. The van der Waals surface area contributed by atoms with Crippen LogP contribution in [0.5, 0.6) is 0 Å². The Morgan fingerprint density at radius 1 is 1.13 bits per heavy atom. The summed E-state index contributed by atoms with van der Waals surface area (Å²) in [5, 5.41) is 28.2. The van der Waals surface area contributed by atoms with Crippen molar-refractivity contribution in [2.75, 3.05) is 22.6 Å². The number of hydrogen-bond acceptors (Lipinski definition) is 11. The zero-order valence-corrected chi connectivity index (χ0v) is 23.1. The van der Waals surface area contributed by atoms with E-state index in [9.17, 15) is 27.4 Å². The number of rotatable bonds is 8. The molecule has 3 saturated carbocycles. The number of aliphatic hydroxyl groups excluding tert-OH is 2. The molecule has 3 heterocycles. The third-order valence-electron chi connectivity index (χ3n) is 7.67. The number of thiazole rings is 1. The molecule has 4 N–H and O–H groups in total. The SMILES string of the molecule is Cc1nc(NC2CC(F)(F)C2)nc(N[C@@H]2C[C@H](CS(C)(=O)=O)[C@@H](O)[C@H]2O)c1-c1nc2c(C3CC3)nccc2s1. The molecule has 14 heteroatoms. The molecule has 0 radical (unpaired) electrons. The number of sulfone groups is 1. The minimum atomic E-state index is -3.38. The van der Waals surface area contributed by atoms with E-state index in [1.165, 1.54) is 11.3 Å². The Bertz CT molecular complexity index is 1520. The van der Waals surface area contributed by atoms with E-state index in [-0.39, 0.29) is 31.0 Å². The first-order valence-corrected chi connectivity index (χ1v) is 15.8. The fourth-order valence-electron chi connectivity index (χ4n) is 5.58. The number of anilines is 2. The molecule has 39 heavy (non-hydrogen) atoms. The third-order valence-corrected chi connectivity index (χ3v) is 9.74. The monoisotopic (exact) mass is 580 g/mol. The Balaban J connectivity index is 1.37. The van der Waals surface area contributed by atoms with Crippen LogP contribution >= 0.6 is 11.3 Å². The largest absolute Gasteiger partial charge is 0.390 e. The highest BCUT2D eigenvalue weighted by atomic mass is 32.2. The molecule has 210 valence electrons. The summed E-state index contributed by atoms with van der Waals surface area (Å²) in [4.78, 5) is 18.6. The van der Waals surface area contributed by atoms with Gasteiger partial charge in [0.1, 0.15) is 32.3 Å². The minimum Gasteiger partial charge on any atom is -0.390 e. The molecule has 0 spiro atoms. The number of alkyl halides is 2. The van der Waals surface area contributed by atoms with Gasteiger partial charge in [0.05, 0.1) is 39.5 Å². The van der Waals surface area contributed by atoms with Gasteiger partial charge < -0.3 is 20.8 Å². The Morgan fingerprint density at radius 2 is 1.87 bits per heavy atom. The molecule has 0 aliphatic heterocycles. The van der Waals surface area contributed by atoms with Crippen LogP contribution in [0.15, 0.2) is 12.3 Å². The number of halogens is 2. The second kappa shape index (κ2) is 9.53. The van der Waals surface area contributed by atoms with Crippen LogP contribution in [0.2, 0.25) is 0 Å². The molecule has 10 nitrogen and oxygen atoms in total. The molecule has 0 amide bonds. The van der Waals surface area contributed by atoms with Crippen molar-refractivity contribution >= 4 is 43.2 Å². The second-order valence-corrected chi connectivity index (χ2v) is 14.3. The van der Waals surface area contributed by atoms with E-state index in [0.717, 1.165) is 35.0 Å². The van der Waals surface area contributed by atoms with Gasteiger partial charge in [-0.2, -0.15) is 4.98 Å². The molecule has 0 unspecified atom stereocenters. The average molecular weight is 581 g/mol. The number of pyridine rings is 1. The van der Waals surface area contributed by atoms with Crippen molar-refractivity contribution in [2.45, 2.75) is 75.2 Å². The van der Waals surface area contributed by atoms with Crippen molar-refractivity contribution in [3.8, 4) is 10.6 Å². The molecule has 3 aromatic rings. The van der Waals surface area contributed by atoms with Crippen LogP contribution in [-0.4, -0.2) is 80.8 Å². The summed E-state index contributed by atoms with van der Waals surface area (Å²) in [6.07, 6.45) is 2.14. The molecule has 6 rings (SSSR count). The van der Waals surface area contributed by atoms with E-state index in [2.05, 4.69) is 25.6 Å². The quantitative estimate of drug-likeness (QED) is 0.313. The van der Waals surface area contributed by atoms with E-state index in [4.69, 9.17) is 4.98 Å². The standard InChI is InChI=1S/C25H30F2N6O4S2/c1-11-17(23-32-19-16(38-23)5-6-28-18(19)12-3-4-12)22(33-24(29-11)30-14-8-25(26,27)9-14)31-15-7-13(10-39(2,36)37)20(34)21(15)35/h5-6,12-15,20-21,34-35H,3-4,7-10H2,1-2H3,(H2,29,30,31,33)/t13-,15-,20-,21+/m1/s1. The fraction of sp³-hybridized carbons (Fsp3) is 0.600. The van der Waals surface area contributed by atoms with Gasteiger partial charge in [0, 0.05) is 43.2 Å².